The number of esters is 1. The summed E-state index contributed by atoms with van der Waals surface area (Å²) in [6.45, 7) is 7.68. The number of furan rings is 1. The lowest BCUT2D eigenvalue weighted by Crippen LogP contribution is -2.52. The molecular weight excluding hydrogens is 268 g/mol. The molecule has 3 rings (SSSR count). The molecule has 1 heterocycles. The van der Waals surface area contributed by atoms with Crippen LogP contribution in [0, 0.1) is 24.2 Å². The number of carbonyl (C=O) groups is 1. The van der Waals surface area contributed by atoms with E-state index in [9.17, 15) is 9.90 Å². The van der Waals surface area contributed by atoms with Crippen LogP contribution in [0.1, 0.15) is 56.6 Å². The number of aliphatic hydroxyl groups excluding tert-OH is 1. The van der Waals surface area contributed by atoms with Crippen LogP contribution >= 0.6 is 0 Å². The Kier molecular flexibility index (Phi) is 3.40. The maximum Gasteiger partial charge on any atom is 0.303 e. The first-order valence-corrected chi connectivity index (χ1v) is 7.77. The Balaban J connectivity index is 2.12. The average molecular weight is 292 g/mol. The Morgan fingerprint density at radius 2 is 2.19 bits per heavy atom. The van der Waals surface area contributed by atoms with Gasteiger partial charge < -0.3 is 14.3 Å². The van der Waals surface area contributed by atoms with Crippen LogP contribution in [0.5, 0.6) is 0 Å². The highest BCUT2D eigenvalue weighted by Gasteiger charge is 2.56. The molecule has 0 saturated heterocycles. The maximum absolute atomic E-state index is 11.6. The molecule has 0 amide bonds. The molecule has 5 atom stereocenters. The van der Waals surface area contributed by atoms with Gasteiger partial charge in [0.1, 0.15) is 11.9 Å². The van der Waals surface area contributed by atoms with Gasteiger partial charge in [-0.05, 0) is 37.2 Å². The molecule has 0 radical (unpaired) electrons. The van der Waals surface area contributed by atoms with E-state index >= 15 is 0 Å². The first kappa shape index (κ1) is 14.6. The van der Waals surface area contributed by atoms with Gasteiger partial charge in [0.15, 0.2) is 0 Å². The monoisotopic (exact) mass is 292 g/mol. The lowest BCUT2D eigenvalue weighted by Gasteiger charge is -2.54. The maximum atomic E-state index is 11.6. The van der Waals surface area contributed by atoms with Crippen LogP contribution in [0.3, 0.4) is 0 Å². The predicted molar refractivity (Wildman–Crippen MR) is 77.7 cm³/mol. The van der Waals surface area contributed by atoms with Crippen molar-refractivity contribution >= 4 is 5.97 Å². The second-order valence-corrected chi connectivity index (χ2v) is 6.95. The Morgan fingerprint density at radius 3 is 2.86 bits per heavy atom. The van der Waals surface area contributed by atoms with E-state index in [1.807, 2.05) is 6.92 Å². The molecule has 1 saturated carbocycles. The summed E-state index contributed by atoms with van der Waals surface area (Å²) in [5, 5.41) is 10.3. The zero-order valence-electron chi connectivity index (χ0n) is 13.2. The van der Waals surface area contributed by atoms with E-state index in [-0.39, 0.29) is 29.5 Å². The third-order valence-corrected chi connectivity index (χ3v) is 5.89. The van der Waals surface area contributed by atoms with Gasteiger partial charge in [-0.25, -0.2) is 0 Å². The highest BCUT2D eigenvalue weighted by Crippen LogP contribution is 2.59. The number of aryl methyl sites for hydroxylation is 1. The number of hydrogen-bond acceptors (Lipinski definition) is 4. The lowest BCUT2D eigenvalue weighted by molar-refractivity contribution is -0.175. The summed E-state index contributed by atoms with van der Waals surface area (Å²) in [6.07, 6.45) is 3.71. The van der Waals surface area contributed by atoms with Crippen molar-refractivity contribution in [2.45, 2.75) is 59.2 Å². The van der Waals surface area contributed by atoms with Crippen molar-refractivity contribution in [3.63, 3.8) is 0 Å². The van der Waals surface area contributed by atoms with E-state index in [0.717, 1.165) is 36.1 Å². The topological polar surface area (TPSA) is 59.7 Å². The number of hydrogen-bond donors (Lipinski definition) is 1. The molecule has 0 aliphatic heterocycles. The van der Waals surface area contributed by atoms with Gasteiger partial charge in [-0.3, -0.25) is 4.79 Å². The number of aliphatic hydroxyl groups is 1. The molecule has 0 bridgehead atoms. The van der Waals surface area contributed by atoms with Gasteiger partial charge in [-0.2, -0.15) is 0 Å². The van der Waals surface area contributed by atoms with E-state index in [4.69, 9.17) is 9.15 Å². The molecule has 4 heteroatoms. The molecule has 1 aromatic rings. The molecule has 1 aromatic heterocycles. The molecule has 116 valence electrons. The minimum absolute atomic E-state index is 0.0862. The van der Waals surface area contributed by atoms with Gasteiger partial charge in [-0.15, -0.1) is 0 Å². The largest absolute Gasteiger partial charge is 0.469 e. The Hall–Kier alpha value is -1.29. The fraction of sp³-hybridized carbons (Fsp3) is 0.706. The molecule has 2 aliphatic carbocycles. The standard InChI is InChI=1S/C17H24O4/c1-9-8-20-14-7-12-5-6-13(19)10(2)17(12,4)16(15(9)14)21-11(3)18/h8,10,12-13,16,19H,5-7H2,1-4H3/t10-,12+,13+,16+,17-/m0/s1. The van der Waals surface area contributed by atoms with Crippen LogP contribution in [0.25, 0.3) is 0 Å². The van der Waals surface area contributed by atoms with Gasteiger partial charge in [0, 0.05) is 24.3 Å². The van der Waals surface area contributed by atoms with Crippen molar-refractivity contribution in [3.8, 4) is 0 Å². The Bertz CT molecular complexity index is 561. The fourth-order valence-corrected chi connectivity index (χ4v) is 4.40. The van der Waals surface area contributed by atoms with Gasteiger partial charge in [0.05, 0.1) is 12.4 Å². The zero-order chi connectivity index (χ0) is 15.4. The van der Waals surface area contributed by atoms with Gasteiger partial charge in [0.2, 0.25) is 0 Å². The molecule has 0 aromatic carbocycles. The van der Waals surface area contributed by atoms with E-state index < -0.39 is 0 Å². The second-order valence-electron chi connectivity index (χ2n) is 6.95. The van der Waals surface area contributed by atoms with Crippen LogP contribution in [0.4, 0.5) is 0 Å². The zero-order valence-corrected chi connectivity index (χ0v) is 13.2. The quantitative estimate of drug-likeness (QED) is 0.808. The minimum Gasteiger partial charge on any atom is -0.469 e. The van der Waals surface area contributed by atoms with E-state index in [1.165, 1.54) is 6.92 Å². The van der Waals surface area contributed by atoms with Crippen molar-refractivity contribution in [1.29, 1.82) is 0 Å². The minimum atomic E-state index is -0.335. The van der Waals surface area contributed by atoms with Crippen molar-refractivity contribution in [2.75, 3.05) is 0 Å². The summed E-state index contributed by atoms with van der Waals surface area (Å²) >= 11 is 0. The van der Waals surface area contributed by atoms with Crippen molar-refractivity contribution in [2.24, 2.45) is 17.3 Å². The summed E-state index contributed by atoms with van der Waals surface area (Å²) in [5.74, 6) is 1.13. The van der Waals surface area contributed by atoms with Crippen LogP contribution in [0.2, 0.25) is 0 Å². The van der Waals surface area contributed by atoms with Crippen LogP contribution in [0.15, 0.2) is 10.7 Å². The summed E-state index contributed by atoms with van der Waals surface area (Å²) in [5.41, 5.74) is 1.80. The number of rotatable bonds is 1. The van der Waals surface area contributed by atoms with E-state index in [2.05, 4.69) is 13.8 Å². The third kappa shape index (κ3) is 2.03. The molecule has 1 N–H and O–H groups in total. The summed E-state index contributed by atoms with van der Waals surface area (Å²) in [4.78, 5) is 11.6. The molecule has 4 nitrogen and oxygen atoms in total. The third-order valence-electron chi connectivity index (χ3n) is 5.89. The highest BCUT2D eigenvalue weighted by atomic mass is 16.5. The van der Waals surface area contributed by atoms with E-state index in [0.29, 0.717) is 5.92 Å². The summed E-state index contributed by atoms with van der Waals surface area (Å²) in [7, 11) is 0. The van der Waals surface area contributed by atoms with Crippen molar-refractivity contribution in [3.05, 3.63) is 23.2 Å². The molecule has 21 heavy (non-hydrogen) atoms. The van der Waals surface area contributed by atoms with Gasteiger partial charge in [-0.1, -0.05) is 13.8 Å². The molecule has 0 unspecified atom stereocenters. The fourth-order valence-electron chi connectivity index (χ4n) is 4.40. The van der Waals surface area contributed by atoms with Crippen LogP contribution in [-0.4, -0.2) is 17.2 Å². The van der Waals surface area contributed by atoms with Gasteiger partial charge >= 0.3 is 5.97 Å². The number of fused-ring (bicyclic) bond motifs is 2. The summed E-state index contributed by atoms with van der Waals surface area (Å²) < 4.78 is 11.4. The van der Waals surface area contributed by atoms with Crippen molar-refractivity contribution < 1.29 is 19.1 Å². The first-order valence-electron chi connectivity index (χ1n) is 7.77. The highest BCUT2D eigenvalue weighted by molar-refractivity contribution is 5.66. The van der Waals surface area contributed by atoms with Crippen LogP contribution < -0.4 is 0 Å². The predicted octanol–water partition coefficient (Wildman–Crippen LogP) is 3.16. The lowest BCUT2D eigenvalue weighted by atomic mass is 9.53. The molecular formula is C17H24O4. The second kappa shape index (κ2) is 4.87. The molecule has 1 fully saturated rings. The Morgan fingerprint density at radius 1 is 1.48 bits per heavy atom. The van der Waals surface area contributed by atoms with Gasteiger partial charge in [0.25, 0.3) is 0 Å². The van der Waals surface area contributed by atoms with Crippen LogP contribution in [-0.2, 0) is 16.0 Å². The number of carbonyl (C=O) groups excluding carboxylic acids is 1. The SMILES string of the molecule is CC(=O)O[C@@H]1c2c(C)coc2C[C@H]2CC[C@@H](O)[C@H](C)[C@@]21C. The van der Waals surface area contributed by atoms with Crippen molar-refractivity contribution in [1.82, 2.24) is 0 Å². The smallest absolute Gasteiger partial charge is 0.303 e. The molecule has 2 aliphatic rings. The van der Waals surface area contributed by atoms with E-state index in [1.54, 1.807) is 6.26 Å². The Labute approximate surface area is 125 Å². The molecule has 0 spiro atoms. The average Bonchev–Trinajstić information content (AvgIpc) is 2.78. The normalized spacial score (nSPS) is 38.5. The first-order chi connectivity index (χ1) is 9.85. The summed E-state index contributed by atoms with van der Waals surface area (Å²) in [6, 6.07) is 0. The number of ether oxygens (including phenoxy) is 1.